The van der Waals surface area contributed by atoms with Gasteiger partial charge in [-0.25, -0.2) is 4.79 Å². The standard InChI is InChI=1S/C29H45N3O8/c1-3-30-15-7-11-25-37-18-29(19-38-25)20-39-26(40-21-29)12-8-16-31-27(34)24(14-13-22(2)33)32-28(35)36-17-23-9-5-4-6-10-23/h4-6,9-10,24-26,30H,3,7-8,11-21H2,1-2H3,(H,31,34)(H,32,35). The lowest BCUT2D eigenvalue weighted by molar-refractivity contribution is -0.304. The van der Waals surface area contributed by atoms with Crippen LogP contribution >= 0.6 is 0 Å². The van der Waals surface area contributed by atoms with Crippen LogP contribution in [0.4, 0.5) is 4.79 Å². The summed E-state index contributed by atoms with van der Waals surface area (Å²) in [5.41, 5.74) is 0.553. The zero-order valence-corrected chi connectivity index (χ0v) is 23.8. The number of alkyl carbamates (subject to hydrolysis) is 1. The first-order chi connectivity index (χ1) is 19.4. The Labute approximate surface area is 237 Å². The molecular formula is C29H45N3O8. The van der Waals surface area contributed by atoms with Crippen molar-refractivity contribution in [3.63, 3.8) is 0 Å². The van der Waals surface area contributed by atoms with Crippen molar-refractivity contribution in [2.75, 3.05) is 46.1 Å². The average molecular weight is 564 g/mol. The molecule has 0 bridgehead atoms. The fourth-order valence-corrected chi connectivity index (χ4v) is 4.46. The summed E-state index contributed by atoms with van der Waals surface area (Å²) < 4.78 is 28.9. The van der Waals surface area contributed by atoms with E-state index in [1.54, 1.807) is 0 Å². The predicted octanol–water partition coefficient (Wildman–Crippen LogP) is 2.67. The van der Waals surface area contributed by atoms with Crippen LogP contribution in [0.3, 0.4) is 0 Å². The summed E-state index contributed by atoms with van der Waals surface area (Å²) in [6.07, 6.45) is 2.22. The molecule has 1 aromatic carbocycles. The second-order valence-corrected chi connectivity index (χ2v) is 10.5. The fraction of sp³-hybridized carbons (Fsp3) is 0.690. The van der Waals surface area contributed by atoms with Crippen molar-refractivity contribution in [2.24, 2.45) is 5.41 Å². The van der Waals surface area contributed by atoms with Gasteiger partial charge < -0.3 is 44.4 Å². The number of ketones is 1. The molecule has 0 aromatic heterocycles. The molecule has 0 saturated carbocycles. The molecule has 2 aliphatic rings. The Balaban J connectivity index is 1.31. The number of carbonyl (C=O) groups excluding carboxylic acids is 3. The molecule has 11 heteroatoms. The highest BCUT2D eigenvalue weighted by atomic mass is 16.7. The third kappa shape index (κ3) is 11.5. The average Bonchev–Trinajstić information content (AvgIpc) is 2.97. The number of hydrogen-bond donors (Lipinski definition) is 3. The number of amides is 2. The van der Waals surface area contributed by atoms with Crippen LogP contribution in [0, 0.1) is 5.41 Å². The number of nitrogens with one attached hydrogen (secondary N) is 3. The molecule has 224 valence electrons. The van der Waals surface area contributed by atoms with Gasteiger partial charge in [0.25, 0.3) is 0 Å². The van der Waals surface area contributed by atoms with Gasteiger partial charge in [0.05, 0.1) is 31.8 Å². The maximum Gasteiger partial charge on any atom is 0.408 e. The summed E-state index contributed by atoms with van der Waals surface area (Å²) in [6.45, 7) is 8.01. The molecule has 0 radical (unpaired) electrons. The first-order valence-corrected chi connectivity index (χ1v) is 14.3. The monoisotopic (exact) mass is 563 g/mol. The summed E-state index contributed by atoms with van der Waals surface area (Å²) in [5.74, 6) is -0.422. The van der Waals surface area contributed by atoms with E-state index in [9.17, 15) is 14.4 Å². The topological polar surface area (TPSA) is 133 Å². The molecule has 2 aliphatic heterocycles. The van der Waals surface area contributed by atoms with Gasteiger partial charge in [-0.1, -0.05) is 37.3 Å². The molecule has 1 atom stereocenters. The first kappa shape index (κ1) is 32.0. The highest BCUT2D eigenvalue weighted by Gasteiger charge is 2.41. The van der Waals surface area contributed by atoms with Gasteiger partial charge in [-0.2, -0.15) is 0 Å². The number of ether oxygens (including phenoxy) is 5. The fourth-order valence-electron chi connectivity index (χ4n) is 4.46. The summed E-state index contributed by atoms with van der Waals surface area (Å²) in [6, 6.07) is 8.39. The van der Waals surface area contributed by atoms with Crippen molar-refractivity contribution in [3.8, 4) is 0 Å². The van der Waals surface area contributed by atoms with Crippen LogP contribution in [0.25, 0.3) is 0 Å². The SMILES string of the molecule is CCNCCCC1OCC2(CO1)COC(CCCNC(=O)C(CCC(C)=O)NC(=O)OCc1ccccc1)OC2. The summed E-state index contributed by atoms with van der Waals surface area (Å²) >= 11 is 0. The lowest BCUT2D eigenvalue weighted by Crippen LogP contribution is -2.52. The number of Topliss-reactive ketones (excluding diaryl/α,β-unsaturated/α-hetero) is 1. The molecule has 1 unspecified atom stereocenters. The third-order valence-electron chi connectivity index (χ3n) is 6.87. The number of rotatable bonds is 16. The molecule has 1 aromatic rings. The molecular weight excluding hydrogens is 518 g/mol. The lowest BCUT2D eigenvalue weighted by atomic mass is 9.90. The van der Waals surface area contributed by atoms with E-state index in [0.717, 1.165) is 31.5 Å². The second kappa shape index (κ2) is 17.3. The van der Waals surface area contributed by atoms with Crippen molar-refractivity contribution in [2.45, 2.75) is 77.6 Å². The van der Waals surface area contributed by atoms with Crippen molar-refractivity contribution in [1.29, 1.82) is 0 Å². The van der Waals surface area contributed by atoms with E-state index in [1.165, 1.54) is 6.92 Å². The van der Waals surface area contributed by atoms with E-state index in [4.69, 9.17) is 23.7 Å². The van der Waals surface area contributed by atoms with Gasteiger partial charge in [0.2, 0.25) is 5.91 Å². The summed E-state index contributed by atoms with van der Waals surface area (Å²) in [7, 11) is 0. The van der Waals surface area contributed by atoms with Gasteiger partial charge in [0.15, 0.2) is 12.6 Å². The molecule has 1 spiro atoms. The van der Waals surface area contributed by atoms with E-state index in [2.05, 4.69) is 22.9 Å². The quantitative estimate of drug-likeness (QED) is 0.260. The number of benzene rings is 1. The molecule has 2 fully saturated rings. The van der Waals surface area contributed by atoms with E-state index in [0.29, 0.717) is 45.8 Å². The minimum atomic E-state index is -0.868. The molecule has 3 rings (SSSR count). The third-order valence-corrected chi connectivity index (χ3v) is 6.87. The molecule has 3 N–H and O–H groups in total. The summed E-state index contributed by atoms with van der Waals surface area (Å²) in [4.78, 5) is 36.5. The van der Waals surface area contributed by atoms with E-state index < -0.39 is 12.1 Å². The Bertz CT molecular complexity index is 898. The van der Waals surface area contributed by atoms with Gasteiger partial charge in [-0.05, 0) is 51.3 Å². The van der Waals surface area contributed by atoms with Gasteiger partial charge in [0.1, 0.15) is 18.4 Å². The normalized spacial score (nSPS) is 23.4. The van der Waals surface area contributed by atoms with E-state index >= 15 is 0 Å². The maximum atomic E-state index is 12.8. The molecule has 0 aliphatic carbocycles. The van der Waals surface area contributed by atoms with Crippen molar-refractivity contribution >= 4 is 17.8 Å². The second-order valence-electron chi connectivity index (χ2n) is 10.5. The number of carbonyl (C=O) groups is 3. The van der Waals surface area contributed by atoms with Crippen LogP contribution in [0.1, 0.15) is 57.9 Å². The summed E-state index contributed by atoms with van der Waals surface area (Å²) in [5, 5.41) is 8.72. The highest BCUT2D eigenvalue weighted by Crippen LogP contribution is 2.31. The Morgan fingerprint density at radius 1 is 0.950 bits per heavy atom. The Hall–Kier alpha value is -2.57. The Morgan fingerprint density at radius 3 is 2.12 bits per heavy atom. The van der Waals surface area contributed by atoms with E-state index in [-0.39, 0.29) is 49.1 Å². The van der Waals surface area contributed by atoms with Gasteiger partial charge in [0, 0.05) is 19.4 Å². The zero-order valence-electron chi connectivity index (χ0n) is 23.8. The number of hydrogen-bond acceptors (Lipinski definition) is 9. The Kier molecular flexibility index (Phi) is 13.8. The van der Waals surface area contributed by atoms with Gasteiger partial charge in [-0.3, -0.25) is 4.79 Å². The van der Waals surface area contributed by atoms with Crippen LogP contribution in [0.2, 0.25) is 0 Å². The molecule has 40 heavy (non-hydrogen) atoms. The van der Waals surface area contributed by atoms with Crippen LogP contribution < -0.4 is 16.0 Å². The minimum absolute atomic E-state index is 0.0600. The zero-order chi connectivity index (χ0) is 28.6. The molecule has 2 amide bonds. The van der Waals surface area contributed by atoms with Crippen LogP contribution in [0.15, 0.2) is 30.3 Å². The smallest absolute Gasteiger partial charge is 0.408 e. The van der Waals surface area contributed by atoms with Crippen molar-refractivity contribution < 1.29 is 38.1 Å². The van der Waals surface area contributed by atoms with Crippen LogP contribution in [0.5, 0.6) is 0 Å². The minimum Gasteiger partial charge on any atom is -0.445 e. The van der Waals surface area contributed by atoms with Gasteiger partial charge in [-0.15, -0.1) is 0 Å². The predicted molar refractivity (Wildman–Crippen MR) is 147 cm³/mol. The molecule has 2 heterocycles. The first-order valence-electron chi connectivity index (χ1n) is 14.3. The van der Waals surface area contributed by atoms with Gasteiger partial charge >= 0.3 is 6.09 Å². The van der Waals surface area contributed by atoms with Crippen LogP contribution in [-0.4, -0.2) is 82.5 Å². The van der Waals surface area contributed by atoms with E-state index in [1.807, 2.05) is 30.3 Å². The van der Waals surface area contributed by atoms with Crippen molar-refractivity contribution in [3.05, 3.63) is 35.9 Å². The molecule has 2 saturated heterocycles. The lowest BCUT2D eigenvalue weighted by Gasteiger charge is -2.43. The van der Waals surface area contributed by atoms with Crippen LogP contribution in [-0.2, 0) is 39.9 Å². The Morgan fingerprint density at radius 2 is 1.55 bits per heavy atom. The largest absolute Gasteiger partial charge is 0.445 e. The molecule has 11 nitrogen and oxygen atoms in total. The maximum absolute atomic E-state index is 12.8. The highest BCUT2D eigenvalue weighted by molar-refractivity contribution is 5.86. The van der Waals surface area contributed by atoms with Crippen molar-refractivity contribution in [1.82, 2.24) is 16.0 Å².